The highest BCUT2D eigenvalue weighted by Crippen LogP contribution is 2.28. The Hall–Kier alpha value is -3.71. The molecule has 32 heavy (non-hydrogen) atoms. The molecule has 0 aliphatic heterocycles. The van der Waals surface area contributed by atoms with Gasteiger partial charge in [-0.1, -0.05) is 18.2 Å². The fourth-order valence-electron chi connectivity index (χ4n) is 3.46. The summed E-state index contributed by atoms with van der Waals surface area (Å²) in [6.07, 6.45) is 0.517. The predicted octanol–water partition coefficient (Wildman–Crippen LogP) is 4.14. The lowest BCUT2D eigenvalue weighted by Crippen LogP contribution is -2.07. The van der Waals surface area contributed by atoms with Crippen molar-refractivity contribution in [2.24, 2.45) is 0 Å². The van der Waals surface area contributed by atoms with Gasteiger partial charge in [0.2, 0.25) is 0 Å². The SMILES string of the molecule is CCOc1ccc(C(C)=O)cc1COc1ccc(CCO)cc1-n1nc2ccccc2n1. The molecule has 0 aliphatic carbocycles. The molecule has 0 radical (unpaired) electrons. The minimum absolute atomic E-state index is 0.0178. The predicted molar refractivity (Wildman–Crippen MR) is 122 cm³/mol. The van der Waals surface area contributed by atoms with Crippen LogP contribution >= 0.6 is 0 Å². The van der Waals surface area contributed by atoms with Crippen LogP contribution in [0.15, 0.2) is 60.7 Å². The Morgan fingerprint density at radius 1 is 0.969 bits per heavy atom. The van der Waals surface area contributed by atoms with Crippen LogP contribution in [-0.2, 0) is 13.0 Å². The molecule has 4 rings (SSSR count). The fraction of sp³-hybridized carbons (Fsp3) is 0.240. The molecule has 7 heteroatoms. The molecule has 0 atom stereocenters. The van der Waals surface area contributed by atoms with Gasteiger partial charge < -0.3 is 14.6 Å². The highest BCUT2D eigenvalue weighted by molar-refractivity contribution is 5.94. The quantitative estimate of drug-likeness (QED) is 0.401. The van der Waals surface area contributed by atoms with Gasteiger partial charge in [-0.05, 0) is 68.3 Å². The number of aliphatic hydroxyl groups is 1. The molecule has 0 amide bonds. The average molecular weight is 431 g/mol. The zero-order chi connectivity index (χ0) is 22.5. The van der Waals surface area contributed by atoms with Crippen LogP contribution in [0, 0.1) is 0 Å². The molecule has 0 saturated carbocycles. The van der Waals surface area contributed by atoms with E-state index in [1.54, 1.807) is 23.0 Å². The Morgan fingerprint density at radius 3 is 2.34 bits per heavy atom. The van der Waals surface area contributed by atoms with E-state index in [0.29, 0.717) is 35.8 Å². The lowest BCUT2D eigenvalue weighted by atomic mass is 10.1. The van der Waals surface area contributed by atoms with Gasteiger partial charge >= 0.3 is 0 Å². The van der Waals surface area contributed by atoms with Crippen molar-refractivity contribution in [2.45, 2.75) is 26.9 Å². The summed E-state index contributed by atoms with van der Waals surface area (Å²) in [5.74, 6) is 1.25. The molecule has 1 heterocycles. The van der Waals surface area contributed by atoms with E-state index in [1.165, 1.54) is 6.92 Å². The molecular formula is C25H25N3O4. The van der Waals surface area contributed by atoms with Gasteiger partial charge in [0, 0.05) is 17.7 Å². The van der Waals surface area contributed by atoms with Gasteiger partial charge in [-0.3, -0.25) is 4.79 Å². The number of aliphatic hydroxyl groups excluding tert-OH is 1. The van der Waals surface area contributed by atoms with Gasteiger partial charge in [0.1, 0.15) is 34.8 Å². The maximum absolute atomic E-state index is 11.8. The number of hydrogen-bond donors (Lipinski definition) is 1. The van der Waals surface area contributed by atoms with E-state index in [-0.39, 0.29) is 19.0 Å². The third-order valence-corrected chi connectivity index (χ3v) is 5.08. The number of rotatable bonds is 9. The van der Waals surface area contributed by atoms with E-state index in [9.17, 15) is 9.90 Å². The van der Waals surface area contributed by atoms with Crippen LogP contribution < -0.4 is 9.47 Å². The summed E-state index contributed by atoms with van der Waals surface area (Å²) in [6.45, 7) is 4.21. The Bertz CT molecular complexity index is 1220. The Balaban J connectivity index is 1.69. The van der Waals surface area contributed by atoms with Gasteiger partial charge in [0.15, 0.2) is 5.78 Å². The van der Waals surface area contributed by atoms with E-state index in [1.807, 2.05) is 49.4 Å². The average Bonchev–Trinajstić information content (AvgIpc) is 3.23. The third-order valence-electron chi connectivity index (χ3n) is 5.08. The van der Waals surface area contributed by atoms with Crippen LogP contribution in [0.5, 0.6) is 11.5 Å². The number of carbonyl (C=O) groups is 1. The molecule has 7 nitrogen and oxygen atoms in total. The van der Waals surface area contributed by atoms with Crippen molar-refractivity contribution < 1.29 is 19.4 Å². The molecule has 0 unspecified atom stereocenters. The lowest BCUT2D eigenvalue weighted by Gasteiger charge is -2.15. The van der Waals surface area contributed by atoms with Crippen molar-refractivity contribution in [3.05, 3.63) is 77.4 Å². The van der Waals surface area contributed by atoms with Gasteiger partial charge in [-0.15, -0.1) is 15.0 Å². The molecule has 0 aliphatic rings. The first-order chi connectivity index (χ1) is 15.6. The Labute approximate surface area is 186 Å². The fourth-order valence-corrected chi connectivity index (χ4v) is 3.46. The molecule has 0 spiro atoms. The highest BCUT2D eigenvalue weighted by atomic mass is 16.5. The standard InChI is InChI=1S/C25H25N3O4/c1-3-31-24-11-9-19(17(2)30)15-20(24)16-32-25-10-8-18(12-13-29)14-23(25)28-26-21-6-4-5-7-22(21)27-28/h4-11,14-15,29H,3,12-13,16H2,1-2H3. The first kappa shape index (κ1) is 21.5. The summed E-state index contributed by atoms with van der Waals surface area (Å²) >= 11 is 0. The Morgan fingerprint density at radius 2 is 1.69 bits per heavy atom. The van der Waals surface area contributed by atoms with Crippen LogP contribution in [0.2, 0.25) is 0 Å². The minimum atomic E-state index is -0.0178. The van der Waals surface area contributed by atoms with Gasteiger partial charge in [-0.25, -0.2) is 0 Å². The number of hydrogen-bond acceptors (Lipinski definition) is 6. The number of fused-ring (bicyclic) bond motifs is 1. The molecule has 0 fully saturated rings. The van der Waals surface area contributed by atoms with Gasteiger partial charge in [0.25, 0.3) is 0 Å². The van der Waals surface area contributed by atoms with Crippen LogP contribution in [-0.4, -0.2) is 39.1 Å². The zero-order valence-electron chi connectivity index (χ0n) is 18.1. The second-order valence-corrected chi connectivity index (χ2v) is 7.35. The summed E-state index contributed by atoms with van der Waals surface area (Å²) in [5.41, 5.74) is 4.56. The maximum atomic E-state index is 11.8. The molecule has 1 aromatic heterocycles. The summed E-state index contributed by atoms with van der Waals surface area (Å²) in [6, 6.07) is 18.7. The normalized spacial score (nSPS) is 11.0. The molecule has 3 aromatic carbocycles. The van der Waals surface area contributed by atoms with Crippen LogP contribution in [0.1, 0.15) is 35.3 Å². The third kappa shape index (κ3) is 4.63. The first-order valence-corrected chi connectivity index (χ1v) is 10.5. The largest absolute Gasteiger partial charge is 0.493 e. The van der Waals surface area contributed by atoms with E-state index in [0.717, 1.165) is 22.2 Å². The van der Waals surface area contributed by atoms with E-state index >= 15 is 0 Å². The number of Topliss-reactive ketones (excluding diaryl/α,β-unsaturated/α-hetero) is 1. The Kier molecular flexibility index (Phi) is 6.47. The van der Waals surface area contributed by atoms with Crippen LogP contribution in [0.4, 0.5) is 0 Å². The number of benzene rings is 3. The lowest BCUT2D eigenvalue weighted by molar-refractivity contribution is 0.101. The van der Waals surface area contributed by atoms with Gasteiger partial charge in [0.05, 0.1) is 6.61 Å². The van der Waals surface area contributed by atoms with Crippen molar-refractivity contribution in [2.75, 3.05) is 13.2 Å². The molecule has 4 aromatic rings. The topological polar surface area (TPSA) is 86.5 Å². The van der Waals surface area contributed by atoms with Crippen LogP contribution in [0.25, 0.3) is 16.7 Å². The van der Waals surface area contributed by atoms with Gasteiger partial charge in [-0.2, -0.15) is 0 Å². The smallest absolute Gasteiger partial charge is 0.159 e. The highest BCUT2D eigenvalue weighted by Gasteiger charge is 2.14. The van der Waals surface area contributed by atoms with Crippen molar-refractivity contribution in [1.29, 1.82) is 0 Å². The van der Waals surface area contributed by atoms with E-state index in [2.05, 4.69) is 10.2 Å². The van der Waals surface area contributed by atoms with Crippen molar-refractivity contribution in [3.8, 4) is 17.2 Å². The number of carbonyl (C=O) groups excluding carboxylic acids is 1. The molecule has 0 saturated heterocycles. The summed E-state index contributed by atoms with van der Waals surface area (Å²) in [7, 11) is 0. The van der Waals surface area contributed by atoms with E-state index in [4.69, 9.17) is 9.47 Å². The van der Waals surface area contributed by atoms with Crippen molar-refractivity contribution in [3.63, 3.8) is 0 Å². The molecule has 1 N–H and O–H groups in total. The number of ether oxygens (including phenoxy) is 2. The van der Waals surface area contributed by atoms with Crippen molar-refractivity contribution in [1.82, 2.24) is 15.0 Å². The minimum Gasteiger partial charge on any atom is -0.493 e. The first-order valence-electron chi connectivity index (χ1n) is 10.5. The second-order valence-electron chi connectivity index (χ2n) is 7.35. The van der Waals surface area contributed by atoms with Crippen LogP contribution in [0.3, 0.4) is 0 Å². The summed E-state index contributed by atoms with van der Waals surface area (Å²) < 4.78 is 11.9. The molecular weight excluding hydrogens is 406 g/mol. The van der Waals surface area contributed by atoms with E-state index < -0.39 is 0 Å². The second kappa shape index (κ2) is 9.62. The zero-order valence-corrected chi connectivity index (χ0v) is 18.1. The maximum Gasteiger partial charge on any atom is 0.159 e. The molecule has 0 bridgehead atoms. The number of ketones is 1. The summed E-state index contributed by atoms with van der Waals surface area (Å²) in [5, 5.41) is 18.5. The number of nitrogens with zero attached hydrogens (tertiary/aromatic N) is 3. The van der Waals surface area contributed by atoms with Crippen molar-refractivity contribution >= 4 is 16.8 Å². The molecule has 164 valence electrons. The number of aromatic nitrogens is 3. The summed E-state index contributed by atoms with van der Waals surface area (Å²) in [4.78, 5) is 13.4. The monoisotopic (exact) mass is 431 g/mol.